The molecule has 1 aliphatic rings. The van der Waals surface area contributed by atoms with Gasteiger partial charge in [0.25, 0.3) is 5.91 Å². The van der Waals surface area contributed by atoms with E-state index in [0.717, 1.165) is 17.4 Å². The Kier molecular flexibility index (Phi) is 1.97. The van der Waals surface area contributed by atoms with Crippen LogP contribution in [-0.4, -0.2) is 29.2 Å². The molecule has 1 aliphatic heterocycles. The van der Waals surface area contributed by atoms with Gasteiger partial charge in [-0.05, 0) is 12.1 Å². The number of fused-ring (bicyclic) bond motifs is 3. The number of rotatable bonds is 1. The van der Waals surface area contributed by atoms with Gasteiger partial charge in [-0.1, -0.05) is 18.2 Å². The lowest BCUT2D eigenvalue weighted by atomic mass is 10.2. The monoisotopic (exact) mass is 216 g/mol. The summed E-state index contributed by atoms with van der Waals surface area (Å²) in [5.74, 6) is -0.0649. The van der Waals surface area contributed by atoms with Crippen molar-refractivity contribution in [3.8, 4) is 0 Å². The predicted octanol–water partition coefficient (Wildman–Crippen LogP) is 1.66. The van der Waals surface area contributed by atoms with Gasteiger partial charge in [0.1, 0.15) is 5.69 Å². The van der Waals surface area contributed by atoms with Crippen molar-refractivity contribution in [2.45, 2.75) is 6.54 Å². The van der Waals surface area contributed by atoms with E-state index in [9.17, 15) is 4.79 Å². The van der Waals surface area contributed by atoms with Crippen molar-refractivity contribution in [1.29, 1.82) is 0 Å². The molecule has 0 bridgehead atoms. The Hall–Kier alpha value is -1.81. The molecule has 1 amide bonds. The van der Waals surface area contributed by atoms with Crippen LogP contribution in [0.2, 0.25) is 0 Å². The fourth-order valence-electron chi connectivity index (χ4n) is 2.22. The van der Waals surface area contributed by atoms with Crippen LogP contribution in [0.5, 0.6) is 0 Å². The van der Waals surface area contributed by atoms with E-state index in [2.05, 4.69) is 0 Å². The molecular formula is C12H12N2O2. The molecule has 1 aromatic carbocycles. The summed E-state index contributed by atoms with van der Waals surface area (Å²) >= 11 is 0. The number of hydroxylamine groups is 2. The van der Waals surface area contributed by atoms with E-state index in [4.69, 9.17) is 4.84 Å². The van der Waals surface area contributed by atoms with Crippen LogP contribution in [0.3, 0.4) is 0 Å². The normalized spacial score (nSPS) is 15.6. The lowest BCUT2D eigenvalue weighted by Gasteiger charge is -2.26. The average Bonchev–Trinajstić information content (AvgIpc) is 2.69. The molecule has 2 heterocycles. The number of amides is 1. The van der Waals surface area contributed by atoms with Crippen molar-refractivity contribution in [1.82, 2.24) is 9.63 Å². The summed E-state index contributed by atoms with van der Waals surface area (Å²) in [7, 11) is 1.52. The van der Waals surface area contributed by atoms with E-state index in [1.807, 2.05) is 34.9 Å². The zero-order valence-electron chi connectivity index (χ0n) is 9.01. The molecule has 0 aliphatic carbocycles. The summed E-state index contributed by atoms with van der Waals surface area (Å²) in [6, 6.07) is 9.94. The van der Waals surface area contributed by atoms with E-state index >= 15 is 0 Å². The Bertz CT molecular complexity index is 559. The van der Waals surface area contributed by atoms with Crippen molar-refractivity contribution in [2.75, 3.05) is 13.7 Å². The maximum absolute atomic E-state index is 12.0. The minimum atomic E-state index is -0.0649. The quantitative estimate of drug-likeness (QED) is 0.726. The minimum absolute atomic E-state index is 0.0649. The summed E-state index contributed by atoms with van der Waals surface area (Å²) in [6.45, 7) is 1.38. The van der Waals surface area contributed by atoms with E-state index in [0.29, 0.717) is 12.2 Å². The number of nitrogens with zero attached hydrogens (tertiary/aromatic N) is 2. The van der Waals surface area contributed by atoms with Crippen LogP contribution in [-0.2, 0) is 11.4 Å². The SMILES string of the molecule is CON1CCn2c(cc3ccccc32)C1=O. The summed E-state index contributed by atoms with van der Waals surface area (Å²) < 4.78 is 2.05. The molecule has 0 fully saturated rings. The lowest BCUT2D eigenvalue weighted by Crippen LogP contribution is -2.39. The molecule has 0 spiro atoms. The van der Waals surface area contributed by atoms with Crippen molar-refractivity contribution in [3.05, 3.63) is 36.0 Å². The first kappa shape index (κ1) is 9.42. The van der Waals surface area contributed by atoms with Gasteiger partial charge in [-0.2, -0.15) is 0 Å². The lowest BCUT2D eigenvalue weighted by molar-refractivity contribution is -0.101. The molecule has 0 radical (unpaired) electrons. The summed E-state index contributed by atoms with van der Waals surface area (Å²) in [6.07, 6.45) is 0. The van der Waals surface area contributed by atoms with Crippen LogP contribution in [0.4, 0.5) is 0 Å². The van der Waals surface area contributed by atoms with Gasteiger partial charge < -0.3 is 4.57 Å². The average molecular weight is 216 g/mol. The number of benzene rings is 1. The van der Waals surface area contributed by atoms with Gasteiger partial charge in [0.05, 0.1) is 13.7 Å². The molecule has 0 N–H and O–H groups in total. The molecule has 16 heavy (non-hydrogen) atoms. The number of para-hydroxylation sites is 1. The maximum atomic E-state index is 12.0. The Morgan fingerprint density at radius 1 is 1.25 bits per heavy atom. The summed E-state index contributed by atoms with van der Waals surface area (Å²) in [4.78, 5) is 17.0. The molecule has 4 nitrogen and oxygen atoms in total. The van der Waals surface area contributed by atoms with Crippen molar-refractivity contribution in [3.63, 3.8) is 0 Å². The molecule has 82 valence electrons. The Labute approximate surface area is 93.0 Å². The van der Waals surface area contributed by atoms with Crippen LogP contribution in [0.1, 0.15) is 10.5 Å². The van der Waals surface area contributed by atoms with Crippen LogP contribution in [0.15, 0.2) is 30.3 Å². The highest BCUT2D eigenvalue weighted by Crippen LogP contribution is 2.23. The molecule has 2 aromatic rings. The van der Waals surface area contributed by atoms with Gasteiger partial charge in [-0.3, -0.25) is 9.63 Å². The van der Waals surface area contributed by atoms with E-state index < -0.39 is 0 Å². The fourth-order valence-corrected chi connectivity index (χ4v) is 2.22. The highest BCUT2D eigenvalue weighted by atomic mass is 16.7. The Balaban J connectivity index is 2.21. The number of aromatic nitrogens is 1. The molecule has 0 saturated heterocycles. The second kappa shape index (κ2) is 3.35. The fraction of sp³-hybridized carbons (Fsp3) is 0.250. The second-order valence-electron chi connectivity index (χ2n) is 3.83. The molecule has 1 aromatic heterocycles. The molecule has 0 saturated carbocycles. The minimum Gasteiger partial charge on any atom is -0.335 e. The highest BCUT2D eigenvalue weighted by molar-refractivity contribution is 5.98. The number of hydrogen-bond donors (Lipinski definition) is 0. The van der Waals surface area contributed by atoms with E-state index in [1.165, 1.54) is 12.2 Å². The largest absolute Gasteiger partial charge is 0.335 e. The van der Waals surface area contributed by atoms with Gasteiger partial charge in [0.15, 0.2) is 0 Å². The zero-order valence-corrected chi connectivity index (χ0v) is 9.01. The predicted molar refractivity (Wildman–Crippen MR) is 60.0 cm³/mol. The van der Waals surface area contributed by atoms with E-state index in [-0.39, 0.29) is 5.91 Å². The molecular weight excluding hydrogens is 204 g/mol. The molecule has 4 heteroatoms. The molecule has 3 rings (SSSR count). The van der Waals surface area contributed by atoms with Crippen LogP contribution in [0.25, 0.3) is 10.9 Å². The van der Waals surface area contributed by atoms with Gasteiger partial charge in [0, 0.05) is 17.4 Å². The first-order valence-corrected chi connectivity index (χ1v) is 5.25. The molecule has 0 atom stereocenters. The molecule has 0 unspecified atom stereocenters. The number of carbonyl (C=O) groups excluding carboxylic acids is 1. The van der Waals surface area contributed by atoms with Gasteiger partial charge in [0.2, 0.25) is 0 Å². The van der Waals surface area contributed by atoms with Gasteiger partial charge in [-0.25, -0.2) is 5.06 Å². The van der Waals surface area contributed by atoms with Crippen molar-refractivity contribution < 1.29 is 9.63 Å². The van der Waals surface area contributed by atoms with Crippen molar-refractivity contribution in [2.24, 2.45) is 0 Å². The van der Waals surface area contributed by atoms with E-state index in [1.54, 1.807) is 0 Å². The standard InChI is InChI=1S/C12H12N2O2/c1-16-14-7-6-13-10-5-3-2-4-9(10)8-11(13)12(14)15/h2-5,8H,6-7H2,1H3. The van der Waals surface area contributed by atoms with Crippen LogP contribution in [0, 0.1) is 0 Å². The third-order valence-electron chi connectivity index (χ3n) is 3.00. The van der Waals surface area contributed by atoms with Crippen LogP contribution >= 0.6 is 0 Å². The topological polar surface area (TPSA) is 34.5 Å². The summed E-state index contributed by atoms with van der Waals surface area (Å²) in [5.41, 5.74) is 1.82. The number of hydrogen-bond acceptors (Lipinski definition) is 2. The van der Waals surface area contributed by atoms with Gasteiger partial charge in [-0.15, -0.1) is 0 Å². The van der Waals surface area contributed by atoms with Gasteiger partial charge >= 0.3 is 0 Å². The third kappa shape index (κ3) is 1.17. The first-order chi connectivity index (χ1) is 7.81. The highest BCUT2D eigenvalue weighted by Gasteiger charge is 2.26. The third-order valence-corrected chi connectivity index (χ3v) is 3.00. The summed E-state index contributed by atoms with van der Waals surface area (Å²) in [5, 5.41) is 2.50. The van der Waals surface area contributed by atoms with Crippen LogP contribution < -0.4 is 0 Å². The number of carbonyl (C=O) groups is 1. The zero-order chi connectivity index (χ0) is 11.1. The second-order valence-corrected chi connectivity index (χ2v) is 3.83. The maximum Gasteiger partial charge on any atom is 0.294 e. The van der Waals surface area contributed by atoms with Crippen molar-refractivity contribution >= 4 is 16.8 Å². The first-order valence-electron chi connectivity index (χ1n) is 5.25. The Morgan fingerprint density at radius 3 is 2.88 bits per heavy atom. The smallest absolute Gasteiger partial charge is 0.294 e. The Morgan fingerprint density at radius 2 is 2.06 bits per heavy atom.